The van der Waals surface area contributed by atoms with Gasteiger partial charge in [-0.25, -0.2) is 4.57 Å². The van der Waals surface area contributed by atoms with Gasteiger partial charge in [0.25, 0.3) is 0 Å². The fourth-order valence-corrected chi connectivity index (χ4v) is 0.655. The summed E-state index contributed by atoms with van der Waals surface area (Å²) in [7, 11) is -2.53. The van der Waals surface area contributed by atoms with Gasteiger partial charge in [0.05, 0.1) is 13.2 Å². The Hall–Kier alpha value is 0.0300. The predicted molar refractivity (Wildman–Crippen MR) is 42.6 cm³/mol. The Kier molecular flexibility index (Phi) is 5.65. The third kappa shape index (κ3) is 12.7. The number of morpholine rings is 1. The third-order valence-corrected chi connectivity index (χ3v) is 1.23. The molecule has 6 nitrogen and oxygen atoms in total. The van der Waals surface area contributed by atoms with Crippen molar-refractivity contribution in [2.24, 2.45) is 0 Å². The minimum absolute atomic E-state index is 0.913. The minimum Gasteiger partial charge on any atom is -0.379 e. The van der Waals surface area contributed by atoms with Crippen LogP contribution in [0.1, 0.15) is 0 Å². The molecule has 7 heteroatoms. The standard InChI is InChI=1S/C5H11NO.H3O4P/c1-6-2-4-7-5-3-6;1-5(2,3)4/h2-5H2,1H3;(H3,1,2,3,4). The highest BCUT2D eigenvalue weighted by atomic mass is 31.2. The number of ether oxygens (including phenoxy) is 1. The van der Waals surface area contributed by atoms with Crippen molar-refractivity contribution in [2.45, 2.75) is 0 Å². The van der Waals surface area contributed by atoms with Gasteiger partial charge in [-0.3, -0.25) is 0 Å². The first-order valence-corrected chi connectivity index (χ1v) is 5.00. The number of phosphoric acid groups is 1. The smallest absolute Gasteiger partial charge is 0.379 e. The van der Waals surface area contributed by atoms with Crippen LogP contribution in [0.3, 0.4) is 0 Å². The van der Waals surface area contributed by atoms with Crippen molar-refractivity contribution in [1.82, 2.24) is 4.90 Å². The maximum Gasteiger partial charge on any atom is 0.466 e. The molecule has 0 amide bonds. The lowest BCUT2D eigenvalue weighted by molar-refractivity contribution is 0.0503. The van der Waals surface area contributed by atoms with Gasteiger partial charge < -0.3 is 24.3 Å². The van der Waals surface area contributed by atoms with Crippen LogP contribution in [0.4, 0.5) is 0 Å². The summed E-state index contributed by atoms with van der Waals surface area (Å²) < 4.78 is 14.0. The van der Waals surface area contributed by atoms with Crippen molar-refractivity contribution in [3.8, 4) is 0 Å². The zero-order valence-electron chi connectivity index (χ0n) is 6.88. The van der Waals surface area contributed by atoms with Gasteiger partial charge in [-0.15, -0.1) is 0 Å². The molecule has 0 aromatic heterocycles. The van der Waals surface area contributed by atoms with Gasteiger partial charge in [-0.1, -0.05) is 0 Å². The van der Waals surface area contributed by atoms with E-state index in [0.717, 1.165) is 26.3 Å². The Morgan fingerprint density at radius 2 is 1.58 bits per heavy atom. The summed E-state index contributed by atoms with van der Waals surface area (Å²) in [5.74, 6) is 0. The second kappa shape index (κ2) is 5.64. The summed E-state index contributed by atoms with van der Waals surface area (Å²) in [6, 6.07) is 0. The number of nitrogens with zero attached hydrogens (tertiary/aromatic N) is 1. The number of rotatable bonds is 0. The SMILES string of the molecule is CN1CCOCC1.O=P(O)(O)O. The molecule has 1 aliphatic rings. The molecule has 0 aromatic rings. The number of hydrogen-bond acceptors (Lipinski definition) is 3. The molecule has 1 heterocycles. The molecule has 0 radical (unpaired) electrons. The molecule has 12 heavy (non-hydrogen) atoms. The lowest BCUT2D eigenvalue weighted by Gasteiger charge is -2.21. The van der Waals surface area contributed by atoms with Gasteiger partial charge in [0.2, 0.25) is 0 Å². The molecule has 0 bridgehead atoms. The van der Waals surface area contributed by atoms with E-state index in [1.165, 1.54) is 0 Å². The van der Waals surface area contributed by atoms with E-state index in [4.69, 9.17) is 24.0 Å². The van der Waals surface area contributed by atoms with E-state index in [1.54, 1.807) is 0 Å². The minimum atomic E-state index is -4.64. The Bertz CT molecular complexity index is 144. The quantitative estimate of drug-likeness (QED) is 0.434. The largest absolute Gasteiger partial charge is 0.466 e. The summed E-state index contributed by atoms with van der Waals surface area (Å²) in [5.41, 5.74) is 0. The van der Waals surface area contributed by atoms with E-state index >= 15 is 0 Å². The average Bonchev–Trinajstić information content (AvgIpc) is 1.85. The normalized spacial score (nSPS) is 19.7. The molecule has 1 fully saturated rings. The van der Waals surface area contributed by atoms with Gasteiger partial charge in [0.15, 0.2) is 0 Å². The van der Waals surface area contributed by atoms with Crippen LogP contribution in [0.2, 0.25) is 0 Å². The van der Waals surface area contributed by atoms with E-state index < -0.39 is 7.82 Å². The third-order valence-electron chi connectivity index (χ3n) is 1.23. The summed E-state index contributed by atoms with van der Waals surface area (Å²) in [6.45, 7) is 4.02. The predicted octanol–water partition coefficient (Wildman–Crippen LogP) is -0.980. The number of hydrogen-bond donors (Lipinski definition) is 3. The molecule has 0 unspecified atom stereocenters. The molecule has 1 rings (SSSR count). The molecule has 0 aliphatic carbocycles. The zero-order valence-corrected chi connectivity index (χ0v) is 7.78. The van der Waals surface area contributed by atoms with Gasteiger partial charge in [0, 0.05) is 13.1 Å². The lowest BCUT2D eigenvalue weighted by Crippen LogP contribution is -2.32. The van der Waals surface area contributed by atoms with Crippen molar-refractivity contribution < 1.29 is 24.0 Å². The Labute approximate surface area is 71.0 Å². The van der Waals surface area contributed by atoms with Crippen LogP contribution in [-0.4, -0.2) is 52.9 Å². The van der Waals surface area contributed by atoms with Gasteiger partial charge in [-0.2, -0.15) is 0 Å². The summed E-state index contributed by atoms with van der Waals surface area (Å²) in [5, 5.41) is 0. The molecule has 1 saturated heterocycles. The molecule has 1 aliphatic heterocycles. The summed E-state index contributed by atoms with van der Waals surface area (Å²) in [6.07, 6.45) is 0. The molecule has 0 spiro atoms. The monoisotopic (exact) mass is 199 g/mol. The maximum atomic E-state index is 8.88. The first kappa shape index (κ1) is 12.0. The molecular weight excluding hydrogens is 185 g/mol. The van der Waals surface area contributed by atoms with Crippen LogP contribution in [0.15, 0.2) is 0 Å². The van der Waals surface area contributed by atoms with Gasteiger partial charge in [0.1, 0.15) is 0 Å². The second-order valence-corrected chi connectivity index (χ2v) is 3.46. The van der Waals surface area contributed by atoms with Crippen LogP contribution in [0.25, 0.3) is 0 Å². The molecule has 74 valence electrons. The van der Waals surface area contributed by atoms with Crippen LogP contribution < -0.4 is 0 Å². The van der Waals surface area contributed by atoms with Crippen molar-refractivity contribution >= 4 is 7.82 Å². The topological polar surface area (TPSA) is 90.2 Å². The van der Waals surface area contributed by atoms with Crippen molar-refractivity contribution in [3.05, 3.63) is 0 Å². The molecule has 0 atom stereocenters. The molecular formula is C5H14NO5P. The van der Waals surface area contributed by atoms with Gasteiger partial charge in [-0.05, 0) is 7.05 Å². The highest BCUT2D eigenvalue weighted by Gasteiger charge is 2.02. The Morgan fingerprint density at radius 3 is 1.75 bits per heavy atom. The first-order valence-electron chi connectivity index (χ1n) is 3.44. The highest BCUT2D eigenvalue weighted by Crippen LogP contribution is 2.25. The van der Waals surface area contributed by atoms with Crippen LogP contribution in [0.5, 0.6) is 0 Å². The Morgan fingerprint density at radius 1 is 1.25 bits per heavy atom. The summed E-state index contributed by atoms with van der Waals surface area (Å²) >= 11 is 0. The molecule has 3 N–H and O–H groups in total. The average molecular weight is 199 g/mol. The zero-order chi connectivity index (χ0) is 9.61. The van der Waals surface area contributed by atoms with Gasteiger partial charge >= 0.3 is 7.82 Å². The van der Waals surface area contributed by atoms with Crippen LogP contribution in [0, 0.1) is 0 Å². The second-order valence-electron chi connectivity index (χ2n) is 2.43. The van der Waals surface area contributed by atoms with E-state index in [1.807, 2.05) is 0 Å². The number of likely N-dealkylation sites (N-methyl/N-ethyl adjacent to an activating group) is 1. The van der Waals surface area contributed by atoms with E-state index in [9.17, 15) is 0 Å². The van der Waals surface area contributed by atoms with E-state index in [2.05, 4.69) is 11.9 Å². The fourth-order valence-electron chi connectivity index (χ4n) is 0.655. The lowest BCUT2D eigenvalue weighted by atomic mass is 10.5. The highest BCUT2D eigenvalue weighted by molar-refractivity contribution is 7.45. The molecule has 0 saturated carbocycles. The van der Waals surface area contributed by atoms with E-state index in [0.29, 0.717) is 0 Å². The Balaban J connectivity index is 0.000000217. The fraction of sp³-hybridized carbons (Fsp3) is 1.00. The van der Waals surface area contributed by atoms with Crippen molar-refractivity contribution in [1.29, 1.82) is 0 Å². The van der Waals surface area contributed by atoms with Crippen LogP contribution >= 0.6 is 7.82 Å². The maximum absolute atomic E-state index is 8.88. The first-order chi connectivity index (χ1) is 5.39. The summed E-state index contributed by atoms with van der Waals surface area (Å²) in [4.78, 5) is 23.8. The van der Waals surface area contributed by atoms with Crippen molar-refractivity contribution in [2.75, 3.05) is 33.4 Å². The van der Waals surface area contributed by atoms with E-state index in [-0.39, 0.29) is 0 Å². The molecule has 0 aromatic carbocycles. The van der Waals surface area contributed by atoms with Crippen molar-refractivity contribution in [3.63, 3.8) is 0 Å². The van der Waals surface area contributed by atoms with Crippen LogP contribution in [-0.2, 0) is 9.30 Å².